The quantitative estimate of drug-likeness (QED) is 0.796. The first kappa shape index (κ1) is 17.7. The molecule has 24 heavy (non-hydrogen) atoms. The van der Waals surface area contributed by atoms with E-state index in [-0.39, 0.29) is 18.4 Å². The first-order chi connectivity index (χ1) is 11.6. The molecule has 0 heterocycles. The Morgan fingerprint density at radius 1 is 1.00 bits per heavy atom. The van der Waals surface area contributed by atoms with E-state index in [9.17, 15) is 9.59 Å². The minimum absolute atomic E-state index is 0.102. The highest BCUT2D eigenvalue weighted by Gasteiger charge is 2.22. The summed E-state index contributed by atoms with van der Waals surface area (Å²) >= 11 is 0. The molecule has 0 spiro atoms. The lowest BCUT2D eigenvalue weighted by Crippen LogP contribution is -2.42. The average Bonchev–Trinajstić information content (AvgIpc) is 2.60. The van der Waals surface area contributed by atoms with E-state index in [1.54, 1.807) is 0 Å². The summed E-state index contributed by atoms with van der Waals surface area (Å²) in [5.74, 6) is -0.550. The minimum Gasteiger partial charge on any atom is -0.464 e. The maximum atomic E-state index is 12.4. The number of hydrogen-bond acceptors (Lipinski definition) is 3. The van der Waals surface area contributed by atoms with Gasteiger partial charge in [-0.15, -0.1) is 0 Å². The van der Waals surface area contributed by atoms with Crippen molar-refractivity contribution in [2.45, 2.75) is 32.2 Å². The van der Waals surface area contributed by atoms with Crippen LogP contribution >= 0.6 is 0 Å². The summed E-state index contributed by atoms with van der Waals surface area (Å²) < 4.78 is 5.44. The van der Waals surface area contributed by atoms with Gasteiger partial charge in [-0.1, -0.05) is 67.6 Å². The molecule has 2 aromatic carbocycles. The molecular formula is C20H23NO3. The number of amides is 1. The van der Waals surface area contributed by atoms with E-state index in [1.807, 2.05) is 67.6 Å². The third-order valence-corrected chi connectivity index (χ3v) is 3.79. The number of carbonyl (C=O) groups is 2. The number of rotatable bonds is 7. The molecule has 4 heteroatoms. The Balaban J connectivity index is 1.96. The number of nitrogens with one attached hydrogen (secondary N) is 1. The standard InChI is InChI=1S/C20H23NO3/c1-15(18-11-7-4-8-12-18)14-24-20(23)19(21-16(2)22)13-17-9-5-3-6-10-17/h3-12,15,19H,13-14H2,1-2H3,(H,21,22)/t15?,19-/m0/s1. The molecule has 2 aromatic rings. The molecule has 2 atom stereocenters. The van der Waals surface area contributed by atoms with Gasteiger partial charge >= 0.3 is 5.97 Å². The lowest BCUT2D eigenvalue weighted by Gasteiger charge is -2.19. The molecule has 126 valence electrons. The van der Waals surface area contributed by atoms with E-state index in [2.05, 4.69) is 5.32 Å². The largest absolute Gasteiger partial charge is 0.464 e. The molecule has 0 aromatic heterocycles. The zero-order chi connectivity index (χ0) is 17.4. The summed E-state index contributed by atoms with van der Waals surface area (Å²) in [6, 6.07) is 18.8. The molecule has 0 aliphatic rings. The second-order valence-corrected chi connectivity index (χ2v) is 5.88. The van der Waals surface area contributed by atoms with Gasteiger partial charge in [-0.05, 0) is 11.1 Å². The van der Waals surface area contributed by atoms with Crippen LogP contribution in [0.3, 0.4) is 0 Å². The molecule has 0 fully saturated rings. The van der Waals surface area contributed by atoms with Gasteiger partial charge in [0.2, 0.25) is 5.91 Å². The van der Waals surface area contributed by atoms with Crippen LogP contribution in [0, 0.1) is 0 Å². The molecule has 0 bridgehead atoms. The van der Waals surface area contributed by atoms with Gasteiger partial charge in [0.15, 0.2) is 0 Å². The lowest BCUT2D eigenvalue weighted by molar-refractivity contribution is -0.148. The highest BCUT2D eigenvalue weighted by Crippen LogP contribution is 2.15. The smallest absolute Gasteiger partial charge is 0.329 e. The van der Waals surface area contributed by atoms with Crippen molar-refractivity contribution in [1.82, 2.24) is 5.32 Å². The predicted octanol–water partition coefficient (Wildman–Crippen LogP) is 3.08. The summed E-state index contributed by atoms with van der Waals surface area (Å²) in [6.45, 7) is 3.69. The van der Waals surface area contributed by atoms with Gasteiger partial charge in [0.1, 0.15) is 6.04 Å². The topological polar surface area (TPSA) is 55.4 Å². The number of benzene rings is 2. The Kier molecular flexibility index (Phi) is 6.55. The average molecular weight is 325 g/mol. The zero-order valence-corrected chi connectivity index (χ0v) is 14.1. The highest BCUT2D eigenvalue weighted by molar-refractivity contribution is 5.83. The first-order valence-corrected chi connectivity index (χ1v) is 8.09. The Morgan fingerprint density at radius 3 is 2.17 bits per heavy atom. The number of hydrogen-bond donors (Lipinski definition) is 1. The molecular weight excluding hydrogens is 302 g/mol. The molecule has 0 aliphatic carbocycles. The number of carbonyl (C=O) groups excluding carboxylic acids is 2. The van der Waals surface area contributed by atoms with E-state index in [4.69, 9.17) is 4.74 Å². The first-order valence-electron chi connectivity index (χ1n) is 8.09. The Labute approximate surface area is 142 Å². The third-order valence-electron chi connectivity index (χ3n) is 3.79. The Hall–Kier alpha value is -2.62. The predicted molar refractivity (Wildman–Crippen MR) is 93.6 cm³/mol. The van der Waals surface area contributed by atoms with Crippen molar-refractivity contribution in [3.05, 3.63) is 71.8 Å². The van der Waals surface area contributed by atoms with Crippen LogP contribution < -0.4 is 5.32 Å². The molecule has 2 rings (SSSR count). The van der Waals surface area contributed by atoms with Gasteiger partial charge in [0, 0.05) is 19.3 Å². The molecule has 1 unspecified atom stereocenters. The molecule has 0 radical (unpaired) electrons. The Bertz CT molecular complexity index is 655. The number of esters is 1. The molecule has 0 saturated heterocycles. The van der Waals surface area contributed by atoms with Crippen molar-refractivity contribution in [3.8, 4) is 0 Å². The summed E-state index contributed by atoms with van der Waals surface area (Å²) in [5, 5.41) is 2.68. The maximum absolute atomic E-state index is 12.4. The van der Waals surface area contributed by atoms with Crippen molar-refractivity contribution in [1.29, 1.82) is 0 Å². The fourth-order valence-corrected chi connectivity index (χ4v) is 2.47. The van der Waals surface area contributed by atoms with Crippen LogP contribution in [0.25, 0.3) is 0 Å². The summed E-state index contributed by atoms with van der Waals surface area (Å²) in [5.41, 5.74) is 2.09. The van der Waals surface area contributed by atoms with E-state index in [1.165, 1.54) is 6.92 Å². The van der Waals surface area contributed by atoms with Crippen LogP contribution in [0.2, 0.25) is 0 Å². The van der Waals surface area contributed by atoms with Crippen molar-refractivity contribution >= 4 is 11.9 Å². The van der Waals surface area contributed by atoms with Gasteiger partial charge < -0.3 is 10.1 Å². The van der Waals surface area contributed by atoms with Crippen LogP contribution in [0.15, 0.2) is 60.7 Å². The maximum Gasteiger partial charge on any atom is 0.329 e. The van der Waals surface area contributed by atoms with E-state index < -0.39 is 12.0 Å². The normalized spacial score (nSPS) is 12.9. The molecule has 0 saturated carbocycles. The third kappa shape index (κ3) is 5.54. The van der Waals surface area contributed by atoms with Gasteiger partial charge in [0.25, 0.3) is 0 Å². The van der Waals surface area contributed by atoms with Gasteiger partial charge in [0.05, 0.1) is 6.61 Å². The monoisotopic (exact) mass is 325 g/mol. The van der Waals surface area contributed by atoms with Crippen LogP contribution in [0.5, 0.6) is 0 Å². The van der Waals surface area contributed by atoms with Gasteiger partial charge in [-0.25, -0.2) is 4.79 Å². The van der Waals surface area contributed by atoms with E-state index in [0.29, 0.717) is 6.42 Å². The fraction of sp³-hybridized carbons (Fsp3) is 0.300. The van der Waals surface area contributed by atoms with Crippen LogP contribution in [-0.2, 0) is 20.7 Å². The van der Waals surface area contributed by atoms with Gasteiger partial charge in [-0.3, -0.25) is 4.79 Å². The van der Waals surface area contributed by atoms with Crippen LogP contribution in [-0.4, -0.2) is 24.5 Å². The second kappa shape index (κ2) is 8.87. The molecule has 1 N–H and O–H groups in total. The number of ether oxygens (including phenoxy) is 1. The van der Waals surface area contributed by atoms with E-state index >= 15 is 0 Å². The van der Waals surface area contributed by atoms with Crippen LogP contribution in [0.4, 0.5) is 0 Å². The lowest BCUT2D eigenvalue weighted by atomic mass is 10.0. The zero-order valence-electron chi connectivity index (χ0n) is 14.1. The van der Waals surface area contributed by atoms with Crippen molar-refractivity contribution in [2.24, 2.45) is 0 Å². The van der Waals surface area contributed by atoms with Crippen molar-refractivity contribution < 1.29 is 14.3 Å². The van der Waals surface area contributed by atoms with Crippen molar-refractivity contribution in [3.63, 3.8) is 0 Å². The SMILES string of the molecule is CC(=O)N[C@@H](Cc1ccccc1)C(=O)OCC(C)c1ccccc1. The summed E-state index contributed by atoms with van der Waals surface area (Å²) in [4.78, 5) is 23.8. The summed E-state index contributed by atoms with van der Waals surface area (Å²) in [6.07, 6.45) is 0.416. The highest BCUT2D eigenvalue weighted by atomic mass is 16.5. The fourth-order valence-electron chi connectivity index (χ4n) is 2.47. The van der Waals surface area contributed by atoms with Crippen molar-refractivity contribution in [2.75, 3.05) is 6.61 Å². The second-order valence-electron chi connectivity index (χ2n) is 5.88. The Morgan fingerprint density at radius 2 is 1.58 bits per heavy atom. The van der Waals surface area contributed by atoms with E-state index in [0.717, 1.165) is 11.1 Å². The van der Waals surface area contributed by atoms with Gasteiger partial charge in [-0.2, -0.15) is 0 Å². The summed E-state index contributed by atoms with van der Waals surface area (Å²) in [7, 11) is 0. The molecule has 1 amide bonds. The minimum atomic E-state index is -0.673. The molecule has 0 aliphatic heterocycles. The molecule has 4 nitrogen and oxygen atoms in total. The van der Waals surface area contributed by atoms with Crippen LogP contribution in [0.1, 0.15) is 30.9 Å².